The minimum absolute atomic E-state index is 0.00347. The summed E-state index contributed by atoms with van der Waals surface area (Å²) in [5, 5.41) is 0. The third-order valence-electron chi connectivity index (χ3n) is 4.33. The summed E-state index contributed by atoms with van der Waals surface area (Å²) >= 11 is 0. The summed E-state index contributed by atoms with van der Waals surface area (Å²) in [7, 11) is 1.92. The summed E-state index contributed by atoms with van der Waals surface area (Å²) < 4.78 is 5.68. The second kappa shape index (κ2) is 5.54. The highest BCUT2D eigenvalue weighted by atomic mass is 16.1. The van der Waals surface area contributed by atoms with Crippen molar-refractivity contribution in [2.75, 3.05) is 0 Å². The van der Waals surface area contributed by atoms with E-state index in [1.54, 1.807) is 4.68 Å². The lowest BCUT2D eigenvalue weighted by atomic mass is 10.2. The van der Waals surface area contributed by atoms with Gasteiger partial charge >= 0.3 is 5.56 Å². The maximum absolute atomic E-state index is 13.1. The fourth-order valence-electron chi connectivity index (χ4n) is 3.27. The molecule has 0 bridgehead atoms. The molecule has 0 N–H and O–H groups in total. The van der Waals surface area contributed by atoms with Gasteiger partial charge in [0, 0.05) is 33.0 Å². The van der Waals surface area contributed by atoms with Gasteiger partial charge in [0.05, 0.1) is 5.69 Å². The number of hydrogen-bond donors (Lipinski definition) is 0. The Bertz CT molecular complexity index is 910. The van der Waals surface area contributed by atoms with Gasteiger partial charge in [-0.05, 0) is 31.5 Å². The number of para-hydroxylation sites is 1. The maximum atomic E-state index is 13.1. The first kappa shape index (κ1) is 15.3. The van der Waals surface area contributed by atoms with Crippen LogP contribution in [0.4, 0.5) is 0 Å². The van der Waals surface area contributed by atoms with Crippen LogP contribution < -0.4 is 10.1 Å². The number of aryl methyl sites for hydroxylation is 3. The number of hydrogen-bond acceptors (Lipinski definition) is 1. The molecule has 0 atom stereocenters. The SMILES string of the molecule is Cc1cc(C)[n+](-c2c(C)n(C)n(-c3ccccc3)c2=O)c(C)c1. The van der Waals surface area contributed by atoms with Crippen LogP contribution in [0.2, 0.25) is 0 Å². The van der Waals surface area contributed by atoms with E-state index in [9.17, 15) is 4.79 Å². The Labute approximate surface area is 136 Å². The normalized spacial score (nSPS) is 11.0. The highest BCUT2D eigenvalue weighted by Crippen LogP contribution is 2.12. The van der Waals surface area contributed by atoms with Crippen LogP contribution in [0.5, 0.6) is 0 Å². The van der Waals surface area contributed by atoms with Gasteiger partial charge in [-0.1, -0.05) is 18.2 Å². The molecule has 0 saturated carbocycles. The molecule has 0 radical (unpaired) electrons. The molecule has 2 heterocycles. The topological polar surface area (TPSA) is 30.8 Å². The van der Waals surface area contributed by atoms with Gasteiger partial charge in [-0.3, -0.25) is 9.48 Å². The lowest BCUT2D eigenvalue weighted by Gasteiger charge is -2.06. The Morgan fingerprint density at radius 1 is 0.913 bits per heavy atom. The molecule has 0 amide bonds. The van der Waals surface area contributed by atoms with Crippen LogP contribution in [0.3, 0.4) is 0 Å². The zero-order valence-corrected chi connectivity index (χ0v) is 14.3. The first-order chi connectivity index (χ1) is 10.9. The van der Waals surface area contributed by atoms with Crippen LogP contribution in [-0.4, -0.2) is 9.36 Å². The molecule has 0 aliphatic carbocycles. The first-order valence-electron chi connectivity index (χ1n) is 7.76. The van der Waals surface area contributed by atoms with E-state index >= 15 is 0 Å². The van der Waals surface area contributed by atoms with Crippen LogP contribution in [0.25, 0.3) is 11.4 Å². The van der Waals surface area contributed by atoms with Crippen LogP contribution in [-0.2, 0) is 7.05 Å². The minimum Gasteiger partial charge on any atom is -0.278 e. The van der Waals surface area contributed by atoms with E-state index in [1.165, 1.54) is 5.56 Å². The van der Waals surface area contributed by atoms with Crippen LogP contribution in [0.15, 0.2) is 47.3 Å². The van der Waals surface area contributed by atoms with Crippen molar-refractivity contribution in [1.29, 1.82) is 0 Å². The maximum Gasteiger partial charge on any atom is 0.344 e. The van der Waals surface area contributed by atoms with Gasteiger partial charge in [-0.25, -0.2) is 4.68 Å². The number of rotatable bonds is 2. The monoisotopic (exact) mass is 308 g/mol. The first-order valence-corrected chi connectivity index (χ1v) is 7.76. The predicted octanol–water partition coefficient (Wildman–Crippen LogP) is 2.69. The fraction of sp³-hybridized carbons (Fsp3) is 0.263. The van der Waals surface area contributed by atoms with Crippen LogP contribution >= 0.6 is 0 Å². The third kappa shape index (κ3) is 2.40. The van der Waals surface area contributed by atoms with Crippen molar-refractivity contribution < 1.29 is 4.57 Å². The molecule has 0 spiro atoms. The second-order valence-corrected chi connectivity index (χ2v) is 6.06. The van der Waals surface area contributed by atoms with E-state index in [1.807, 2.05) is 67.4 Å². The zero-order chi connectivity index (χ0) is 16.7. The summed E-state index contributed by atoms with van der Waals surface area (Å²) in [5.74, 6) is 0. The summed E-state index contributed by atoms with van der Waals surface area (Å²) in [6.45, 7) is 8.14. The zero-order valence-electron chi connectivity index (χ0n) is 14.3. The molecule has 0 saturated heterocycles. The number of benzene rings is 1. The van der Waals surface area contributed by atoms with Gasteiger partial charge in [0.1, 0.15) is 5.69 Å². The molecule has 23 heavy (non-hydrogen) atoms. The molecular formula is C19H22N3O+. The van der Waals surface area contributed by atoms with E-state index < -0.39 is 0 Å². The summed E-state index contributed by atoms with van der Waals surface area (Å²) in [4.78, 5) is 13.1. The number of nitrogens with zero attached hydrogens (tertiary/aromatic N) is 3. The lowest BCUT2D eigenvalue weighted by molar-refractivity contribution is -0.611. The summed E-state index contributed by atoms with van der Waals surface area (Å²) in [6, 6.07) is 13.9. The van der Waals surface area contributed by atoms with Gasteiger partial charge in [-0.2, -0.15) is 4.57 Å². The highest BCUT2D eigenvalue weighted by Gasteiger charge is 2.27. The molecule has 3 aromatic rings. The van der Waals surface area contributed by atoms with Gasteiger partial charge in [0.2, 0.25) is 0 Å². The molecule has 118 valence electrons. The number of aromatic nitrogens is 3. The minimum atomic E-state index is -0.00347. The van der Waals surface area contributed by atoms with Crippen LogP contribution in [0.1, 0.15) is 22.6 Å². The van der Waals surface area contributed by atoms with E-state index in [4.69, 9.17) is 0 Å². The van der Waals surface area contributed by atoms with Gasteiger partial charge < -0.3 is 0 Å². The Morgan fingerprint density at radius 2 is 1.48 bits per heavy atom. The van der Waals surface area contributed by atoms with E-state index in [-0.39, 0.29) is 5.56 Å². The quantitative estimate of drug-likeness (QED) is 0.670. The molecule has 1 aromatic carbocycles. The predicted molar refractivity (Wildman–Crippen MR) is 91.5 cm³/mol. The molecule has 3 rings (SSSR count). The Balaban J connectivity index is 2.34. The Morgan fingerprint density at radius 3 is 2.04 bits per heavy atom. The molecule has 0 fully saturated rings. The van der Waals surface area contributed by atoms with Crippen molar-refractivity contribution in [3.05, 3.63) is 75.5 Å². The van der Waals surface area contributed by atoms with E-state index in [2.05, 4.69) is 19.1 Å². The largest absolute Gasteiger partial charge is 0.344 e. The molecule has 2 aromatic heterocycles. The molecule has 4 nitrogen and oxygen atoms in total. The van der Waals surface area contributed by atoms with E-state index in [0.717, 1.165) is 22.8 Å². The molecule has 0 unspecified atom stereocenters. The average Bonchev–Trinajstić information content (AvgIpc) is 2.71. The molecule has 0 aliphatic rings. The van der Waals surface area contributed by atoms with Crippen molar-refractivity contribution in [3.63, 3.8) is 0 Å². The van der Waals surface area contributed by atoms with Gasteiger partial charge in [0.15, 0.2) is 11.4 Å². The molecule has 0 aliphatic heterocycles. The van der Waals surface area contributed by atoms with Gasteiger partial charge in [0.25, 0.3) is 5.69 Å². The Kier molecular flexibility index (Phi) is 3.68. The fourth-order valence-corrected chi connectivity index (χ4v) is 3.27. The lowest BCUT2D eigenvalue weighted by Crippen LogP contribution is -2.43. The Hall–Kier alpha value is -2.62. The van der Waals surface area contributed by atoms with Crippen LogP contribution in [0, 0.1) is 27.7 Å². The third-order valence-corrected chi connectivity index (χ3v) is 4.33. The average molecular weight is 308 g/mol. The van der Waals surface area contributed by atoms with Crippen molar-refractivity contribution in [1.82, 2.24) is 9.36 Å². The second-order valence-electron chi connectivity index (χ2n) is 6.06. The standard InChI is InChI=1S/C19H22N3O/c1-13-11-14(2)21(15(3)12-13)18-16(4)20(5)22(19(18)23)17-9-7-6-8-10-17/h6-12H,1-5H3/q+1. The smallest absolute Gasteiger partial charge is 0.278 e. The van der Waals surface area contributed by atoms with Crippen molar-refractivity contribution >= 4 is 0 Å². The van der Waals surface area contributed by atoms with Gasteiger partial charge in [-0.15, -0.1) is 0 Å². The van der Waals surface area contributed by atoms with Crippen molar-refractivity contribution in [3.8, 4) is 11.4 Å². The molecular weight excluding hydrogens is 286 g/mol. The van der Waals surface area contributed by atoms with Crippen molar-refractivity contribution in [2.45, 2.75) is 27.7 Å². The summed E-state index contributed by atoms with van der Waals surface area (Å²) in [6.07, 6.45) is 0. The number of pyridine rings is 1. The van der Waals surface area contributed by atoms with E-state index in [0.29, 0.717) is 5.69 Å². The van der Waals surface area contributed by atoms with Crippen molar-refractivity contribution in [2.24, 2.45) is 7.05 Å². The molecule has 4 heteroatoms. The summed E-state index contributed by atoms with van der Waals surface area (Å²) in [5.41, 5.74) is 5.86. The highest BCUT2D eigenvalue weighted by molar-refractivity contribution is 5.36.